The third-order valence-electron chi connectivity index (χ3n) is 5.85. The van der Waals surface area contributed by atoms with E-state index in [9.17, 15) is 0 Å². The number of rotatable bonds is 4. The van der Waals surface area contributed by atoms with Crippen LogP contribution < -0.4 is 16.2 Å². The molecule has 4 heteroatoms. The Hall–Kier alpha value is -2.88. The zero-order valence-electron chi connectivity index (χ0n) is 16.4. The summed E-state index contributed by atoms with van der Waals surface area (Å²) in [6.07, 6.45) is 5.34. The monoisotopic (exact) mass is 370 g/mol. The predicted octanol–water partition coefficient (Wildman–Crippen LogP) is 5.39. The molecule has 0 heterocycles. The number of hydrogen-bond acceptors (Lipinski definition) is 3. The second kappa shape index (κ2) is 8.01. The molecular formula is C24H27BN2O. The lowest BCUT2D eigenvalue weighted by molar-refractivity contribution is 0.444. The fraction of sp³-hybridized carbons (Fsp3) is 0.250. The third-order valence-corrected chi connectivity index (χ3v) is 5.85. The molecule has 3 aromatic carbocycles. The van der Waals surface area contributed by atoms with Gasteiger partial charge in [0.25, 0.3) is 0 Å². The van der Waals surface area contributed by atoms with Crippen molar-refractivity contribution in [1.82, 2.24) is 0 Å². The maximum atomic E-state index is 5.96. The van der Waals surface area contributed by atoms with Crippen LogP contribution in [0, 0.1) is 0 Å². The van der Waals surface area contributed by atoms with Gasteiger partial charge < -0.3 is 16.2 Å². The summed E-state index contributed by atoms with van der Waals surface area (Å²) >= 11 is 0. The van der Waals surface area contributed by atoms with Crippen LogP contribution in [0.4, 0.5) is 11.4 Å². The Kier molecular flexibility index (Phi) is 5.29. The first-order valence-corrected chi connectivity index (χ1v) is 10.1. The minimum absolute atomic E-state index is 0.575. The summed E-state index contributed by atoms with van der Waals surface area (Å²) in [5.41, 5.74) is 16.9. The standard InChI is InChI=1S/C24H27BN2O/c25-20-9-5-18(6-10-20)16-1-3-17(4-2-16)19-7-12-22(13-8-19)28-24-15-21(26)11-14-23(24)27/h1-4,7-8,11-15,18,20H,5-6,9-10,25-27H2. The Morgan fingerprint density at radius 1 is 0.750 bits per heavy atom. The summed E-state index contributed by atoms with van der Waals surface area (Å²) < 4.78 is 5.88. The predicted molar refractivity (Wildman–Crippen MR) is 121 cm³/mol. The largest absolute Gasteiger partial charge is 0.455 e. The van der Waals surface area contributed by atoms with Crippen molar-refractivity contribution in [3.63, 3.8) is 0 Å². The molecule has 142 valence electrons. The summed E-state index contributed by atoms with van der Waals surface area (Å²) in [6.45, 7) is 0. The van der Waals surface area contributed by atoms with Crippen LogP contribution in [-0.2, 0) is 0 Å². The van der Waals surface area contributed by atoms with E-state index in [1.54, 1.807) is 18.2 Å². The quantitative estimate of drug-likeness (QED) is 0.478. The fourth-order valence-electron chi connectivity index (χ4n) is 4.02. The van der Waals surface area contributed by atoms with E-state index in [1.165, 1.54) is 42.4 Å². The van der Waals surface area contributed by atoms with Crippen molar-refractivity contribution in [2.75, 3.05) is 11.5 Å². The van der Waals surface area contributed by atoms with E-state index in [0.29, 0.717) is 17.1 Å². The zero-order valence-corrected chi connectivity index (χ0v) is 16.4. The fourth-order valence-corrected chi connectivity index (χ4v) is 4.02. The van der Waals surface area contributed by atoms with Gasteiger partial charge in [-0.1, -0.05) is 55.1 Å². The minimum Gasteiger partial charge on any atom is -0.455 e. The average Bonchev–Trinajstić information content (AvgIpc) is 2.72. The lowest BCUT2D eigenvalue weighted by Crippen LogP contribution is -2.09. The van der Waals surface area contributed by atoms with Crippen molar-refractivity contribution in [2.24, 2.45) is 0 Å². The van der Waals surface area contributed by atoms with Crippen LogP contribution in [0.15, 0.2) is 66.7 Å². The molecule has 0 saturated heterocycles. The third kappa shape index (κ3) is 4.17. The van der Waals surface area contributed by atoms with Gasteiger partial charge in [-0.3, -0.25) is 0 Å². The summed E-state index contributed by atoms with van der Waals surface area (Å²) in [7, 11) is 2.37. The normalized spacial score (nSPS) is 19.3. The zero-order chi connectivity index (χ0) is 19.5. The van der Waals surface area contributed by atoms with Crippen LogP contribution in [0.3, 0.4) is 0 Å². The second-order valence-electron chi connectivity index (χ2n) is 8.00. The van der Waals surface area contributed by atoms with Crippen LogP contribution in [0.2, 0.25) is 5.82 Å². The Labute approximate surface area is 168 Å². The molecule has 0 spiro atoms. The van der Waals surface area contributed by atoms with Crippen LogP contribution >= 0.6 is 0 Å². The van der Waals surface area contributed by atoms with Gasteiger partial charge >= 0.3 is 0 Å². The van der Waals surface area contributed by atoms with E-state index >= 15 is 0 Å². The minimum atomic E-state index is 0.575. The Morgan fingerprint density at radius 3 is 2.00 bits per heavy atom. The number of anilines is 2. The number of hydrogen-bond donors (Lipinski definition) is 2. The number of benzene rings is 3. The molecule has 4 N–H and O–H groups in total. The highest BCUT2D eigenvalue weighted by Crippen LogP contribution is 2.37. The van der Waals surface area contributed by atoms with Gasteiger partial charge in [-0.25, -0.2) is 0 Å². The van der Waals surface area contributed by atoms with Gasteiger partial charge in [-0.2, -0.15) is 0 Å². The van der Waals surface area contributed by atoms with Gasteiger partial charge in [0.2, 0.25) is 0 Å². The van der Waals surface area contributed by atoms with E-state index in [-0.39, 0.29) is 0 Å². The molecule has 1 aliphatic rings. The molecule has 1 fully saturated rings. The summed E-state index contributed by atoms with van der Waals surface area (Å²) in [5, 5.41) is 0. The van der Waals surface area contributed by atoms with Crippen molar-refractivity contribution < 1.29 is 4.74 Å². The molecule has 3 nitrogen and oxygen atoms in total. The molecule has 1 saturated carbocycles. The molecule has 0 aliphatic heterocycles. The maximum absolute atomic E-state index is 5.96. The first-order chi connectivity index (χ1) is 13.6. The van der Waals surface area contributed by atoms with Crippen LogP contribution in [0.25, 0.3) is 11.1 Å². The smallest absolute Gasteiger partial charge is 0.152 e. The lowest BCUT2D eigenvalue weighted by atomic mass is 9.70. The summed E-state index contributed by atoms with van der Waals surface area (Å²) in [6, 6.07) is 22.4. The van der Waals surface area contributed by atoms with Crippen molar-refractivity contribution in [3.05, 3.63) is 72.3 Å². The molecule has 3 aromatic rings. The first kappa shape index (κ1) is 18.5. The lowest BCUT2D eigenvalue weighted by Gasteiger charge is -2.26. The summed E-state index contributed by atoms with van der Waals surface area (Å²) in [4.78, 5) is 0. The Balaban J connectivity index is 1.45. The van der Waals surface area contributed by atoms with E-state index in [4.69, 9.17) is 16.2 Å². The molecule has 0 unspecified atom stereocenters. The van der Waals surface area contributed by atoms with Crippen LogP contribution in [0.1, 0.15) is 37.2 Å². The molecular weight excluding hydrogens is 343 g/mol. The molecule has 0 atom stereocenters. The van der Waals surface area contributed by atoms with Crippen LogP contribution in [0.5, 0.6) is 11.5 Å². The van der Waals surface area contributed by atoms with E-state index in [2.05, 4.69) is 44.2 Å². The highest BCUT2D eigenvalue weighted by atomic mass is 16.5. The van der Waals surface area contributed by atoms with Crippen LogP contribution in [-0.4, -0.2) is 7.85 Å². The van der Waals surface area contributed by atoms with Gasteiger partial charge in [0.1, 0.15) is 13.6 Å². The topological polar surface area (TPSA) is 61.3 Å². The number of nitrogen functional groups attached to an aromatic ring is 2. The van der Waals surface area contributed by atoms with E-state index in [1.807, 2.05) is 12.1 Å². The number of nitrogens with two attached hydrogens (primary N) is 2. The summed E-state index contributed by atoms with van der Waals surface area (Å²) in [5.74, 6) is 2.94. The van der Waals surface area contributed by atoms with Gasteiger partial charge in [-0.15, -0.1) is 0 Å². The van der Waals surface area contributed by atoms with Gasteiger partial charge in [0.05, 0.1) is 5.69 Å². The molecule has 4 rings (SSSR count). The van der Waals surface area contributed by atoms with Crippen molar-refractivity contribution in [1.29, 1.82) is 0 Å². The number of ether oxygens (including phenoxy) is 1. The Bertz CT molecular complexity index is 930. The Morgan fingerprint density at radius 2 is 1.36 bits per heavy atom. The average molecular weight is 370 g/mol. The van der Waals surface area contributed by atoms with Crippen molar-refractivity contribution in [2.45, 2.75) is 37.4 Å². The second-order valence-corrected chi connectivity index (χ2v) is 8.00. The molecule has 0 radical (unpaired) electrons. The molecule has 0 aromatic heterocycles. The van der Waals surface area contributed by atoms with Crippen molar-refractivity contribution in [3.8, 4) is 22.6 Å². The molecule has 1 aliphatic carbocycles. The van der Waals surface area contributed by atoms with E-state index in [0.717, 1.165) is 17.5 Å². The van der Waals surface area contributed by atoms with Crippen molar-refractivity contribution >= 4 is 19.2 Å². The van der Waals surface area contributed by atoms with Gasteiger partial charge in [0, 0.05) is 11.8 Å². The molecule has 0 bridgehead atoms. The van der Waals surface area contributed by atoms with E-state index < -0.39 is 0 Å². The maximum Gasteiger partial charge on any atom is 0.152 e. The molecule has 28 heavy (non-hydrogen) atoms. The van der Waals surface area contributed by atoms with Gasteiger partial charge in [-0.05, 0) is 59.7 Å². The molecule has 0 amide bonds. The van der Waals surface area contributed by atoms with Gasteiger partial charge in [0.15, 0.2) is 5.75 Å². The first-order valence-electron chi connectivity index (χ1n) is 10.1. The SMILES string of the molecule is BC1CCC(c2ccc(-c3ccc(Oc4cc(N)ccc4N)cc3)cc2)CC1. The highest BCUT2D eigenvalue weighted by molar-refractivity contribution is 6.11. The highest BCUT2D eigenvalue weighted by Gasteiger charge is 2.19.